The van der Waals surface area contributed by atoms with E-state index in [1.807, 2.05) is 30.3 Å². The Morgan fingerprint density at radius 2 is 2.19 bits per heavy atom. The monoisotopic (exact) mass is 293 g/mol. The molecule has 1 saturated heterocycles. The Morgan fingerprint density at radius 1 is 1.38 bits per heavy atom. The van der Waals surface area contributed by atoms with E-state index in [2.05, 4.69) is 5.32 Å². The molecule has 0 aromatic heterocycles. The molecule has 5 heteroatoms. The van der Waals surface area contributed by atoms with Gasteiger partial charge >= 0.3 is 6.09 Å². The number of alkyl carbamates (subject to hydrolysis) is 1. The first-order valence-electron chi connectivity index (χ1n) is 7.47. The van der Waals surface area contributed by atoms with Gasteiger partial charge in [0.05, 0.1) is 18.8 Å². The van der Waals surface area contributed by atoms with Gasteiger partial charge in [-0.3, -0.25) is 0 Å². The molecule has 1 amide bonds. The third-order valence-electron chi connectivity index (χ3n) is 3.58. The van der Waals surface area contributed by atoms with Crippen molar-refractivity contribution in [1.82, 2.24) is 5.32 Å². The maximum Gasteiger partial charge on any atom is 0.407 e. The molecule has 1 heterocycles. The highest BCUT2D eigenvalue weighted by Gasteiger charge is 2.20. The van der Waals surface area contributed by atoms with Gasteiger partial charge in [0.25, 0.3) is 0 Å². The lowest BCUT2D eigenvalue weighted by atomic mass is 10.0. The zero-order chi connectivity index (χ0) is 14.9. The largest absolute Gasteiger partial charge is 0.445 e. The van der Waals surface area contributed by atoms with Crippen molar-refractivity contribution in [2.24, 2.45) is 0 Å². The molecule has 0 bridgehead atoms. The lowest BCUT2D eigenvalue weighted by Gasteiger charge is -2.26. The fourth-order valence-electron chi connectivity index (χ4n) is 2.42. The van der Waals surface area contributed by atoms with E-state index < -0.39 is 6.09 Å². The molecule has 1 aromatic rings. The zero-order valence-corrected chi connectivity index (χ0v) is 12.2. The lowest BCUT2D eigenvalue weighted by Crippen LogP contribution is -2.41. The Hall–Kier alpha value is -1.59. The molecular weight excluding hydrogens is 270 g/mol. The number of nitrogens with one attached hydrogen (secondary N) is 1. The highest BCUT2D eigenvalue weighted by molar-refractivity contribution is 5.67. The number of hydrogen-bond acceptors (Lipinski definition) is 4. The number of aliphatic hydroxyl groups excluding tert-OH is 1. The van der Waals surface area contributed by atoms with Gasteiger partial charge in [-0.25, -0.2) is 4.79 Å². The third kappa shape index (κ3) is 5.73. The van der Waals surface area contributed by atoms with E-state index in [4.69, 9.17) is 9.47 Å². The van der Waals surface area contributed by atoms with Gasteiger partial charge in [-0.05, 0) is 31.2 Å². The van der Waals surface area contributed by atoms with Crippen LogP contribution in [0.15, 0.2) is 30.3 Å². The van der Waals surface area contributed by atoms with Gasteiger partial charge < -0.3 is 19.9 Å². The van der Waals surface area contributed by atoms with Crippen LogP contribution in [0, 0.1) is 0 Å². The van der Waals surface area contributed by atoms with Crippen molar-refractivity contribution in [3.63, 3.8) is 0 Å². The molecule has 116 valence electrons. The fourth-order valence-corrected chi connectivity index (χ4v) is 2.42. The van der Waals surface area contributed by atoms with Crippen LogP contribution in [0.4, 0.5) is 4.79 Å². The normalized spacial score (nSPS) is 19.8. The Labute approximate surface area is 125 Å². The summed E-state index contributed by atoms with van der Waals surface area (Å²) >= 11 is 0. The minimum atomic E-state index is -0.506. The van der Waals surface area contributed by atoms with Crippen LogP contribution in [-0.4, -0.2) is 36.6 Å². The first-order chi connectivity index (χ1) is 10.3. The Balaban J connectivity index is 1.71. The van der Waals surface area contributed by atoms with Crippen molar-refractivity contribution < 1.29 is 19.4 Å². The standard InChI is InChI=1S/C16H23NO4/c18-11-14(10-15-8-4-5-9-20-15)17-16(19)21-12-13-6-2-1-3-7-13/h1-3,6-7,14-15,18H,4-5,8-12H2,(H,17,19)/t14?,15-/m1/s1. The molecule has 2 rings (SSSR count). The topological polar surface area (TPSA) is 67.8 Å². The predicted molar refractivity (Wildman–Crippen MR) is 78.8 cm³/mol. The average Bonchev–Trinajstić information content (AvgIpc) is 2.54. The van der Waals surface area contributed by atoms with E-state index in [1.165, 1.54) is 0 Å². The van der Waals surface area contributed by atoms with Crippen molar-refractivity contribution >= 4 is 6.09 Å². The minimum absolute atomic E-state index is 0.111. The van der Waals surface area contributed by atoms with Gasteiger partial charge in [0.2, 0.25) is 0 Å². The molecule has 5 nitrogen and oxygen atoms in total. The van der Waals surface area contributed by atoms with Crippen LogP contribution in [-0.2, 0) is 16.1 Å². The third-order valence-corrected chi connectivity index (χ3v) is 3.58. The first-order valence-corrected chi connectivity index (χ1v) is 7.47. The van der Waals surface area contributed by atoms with Gasteiger partial charge in [-0.15, -0.1) is 0 Å². The number of amides is 1. The number of ether oxygens (including phenoxy) is 2. The van der Waals surface area contributed by atoms with E-state index >= 15 is 0 Å². The Bertz CT molecular complexity index is 418. The number of rotatable bonds is 6. The summed E-state index contributed by atoms with van der Waals surface area (Å²) < 4.78 is 10.8. The van der Waals surface area contributed by atoms with E-state index in [1.54, 1.807) is 0 Å². The first kappa shape index (κ1) is 15.8. The SMILES string of the molecule is O=C(NC(CO)C[C@H]1CCCCO1)OCc1ccccc1. The number of benzene rings is 1. The summed E-state index contributed by atoms with van der Waals surface area (Å²) in [6.45, 7) is 0.881. The van der Waals surface area contributed by atoms with Crippen LogP contribution in [0.25, 0.3) is 0 Å². The van der Waals surface area contributed by atoms with Crippen LogP contribution in [0.1, 0.15) is 31.2 Å². The molecule has 1 fully saturated rings. The molecule has 21 heavy (non-hydrogen) atoms. The summed E-state index contributed by atoms with van der Waals surface area (Å²) in [5, 5.41) is 12.1. The van der Waals surface area contributed by atoms with E-state index in [-0.39, 0.29) is 25.4 Å². The van der Waals surface area contributed by atoms with E-state index in [0.29, 0.717) is 6.42 Å². The smallest absolute Gasteiger partial charge is 0.407 e. The second-order valence-electron chi connectivity index (χ2n) is 5.31. The minimum Gasteiger partial charge on any atom is -0.445 e. The molecule has 1 aliphatic rings. The van der Waals surface area contributed by atoms with Gasteiger partial charge in [0, 0.05) is 6.61 Å². The summed E-state index contributed by atoms with van der Waals surface area (Å²) in [5.41, 5.74) is 0.934. The van der Waals surface area contributed by atoms with Crippen molar-refractivity contribution in [3.8, 4) is 0 Å². The number of carbonyl (C=O) groups excluding carboxylic acids is 1. The lowest BCUT2D eigenvalue weighted by molar-refractivity contribution is 0.00110. The van der Waals surface area contributed by atoms with Crippen LogP contribution in [0.5, 0.6) is 0 Å². The number of aliphatic hydroxyl groups is 1. The average molecular weight is 293 g/mol. The van der Waals surface area contributed by atoms with Crippen LogP contribution in [0.2, 0.25) is 0 Å². The molecule has 0 aliphatic carbocycles. The molecule has 2 atom stereocenters. The molecule has 2 N–H and O–H groups in total. The quantitative estimate of drug-likeness (QED) is 0.844. The van der Waals surface area contributed by atoms with Crippen LogP contribution < -0.4 is 5.32 Å². The highest BCUT2D eigenvalue weighted by atomic mass is 16.5. The molecular formula is C16H23NO4. The van der Waals surface area contributed by atoms with Crippen LogP contribution in [0.3, 0.4) is 0 Å². The van der Waals surface area contributed by atoms with Crippen molar-refractivity contribution in [3.05, 3.63) is 35.9 Å². The summed E-state index contributed by atoms with van der Waals surface area (Å²) in [4.78, 5) is 11.7. The van der Waals surface area contributed by atoms with Crippen molar-refractivity contribution in [1.29, 1.82) is 0 Å². The van der Waals surface area contributed by atoms with Gasteiger partial charge in [0.15, 0.2) is 0 Å². The van der Waals surface area contributed by atoms with Gasteiger partial charge in [-0.2, -0.15) is 0 Å². The van der Waals surface area contributed by atoms with E-state index in [9.17, 15) is 9.90 Å². The highest BCUT2D eigenvalue weighted by Crippen LogP contribution is 2.17. The molecule has 1 aromatic carbocycles. The van der Waals surface area contributed by atoms with Gasteiger partial charge in [0.1, 0.15) is 6.61 Å². The van der Waals surface area contributed by atoms with Crippen molar-refractivity contribution in [2.75, 3.05) is 13.2 Å². The van der Waals surface area contributed by atoms with Crippen LogP contribution >= 0.6 is 0 Å². The molecule has 0 spiro atoms. The zero-order valence-electron chi connectivity index (χ0n) is 12.2. The molecule has 1 unspecified atom stereocenters. The number of hydrogen-bond donors (Lipinski definition) is 2. The van der Waals surface area contributed by atoms with Gasteiger partial charge in [-0.1, -0.05) is 30.3 Å². The fraction of sp³-hybridized carbons (Fsp3) is 0.562. The molecule has 1 aliphatic heterocycles. The second-order valence-corrected chi connectivity index (χ2v) is 5.31. The second kappa shape index (κ2) is 8.64. The summed E-state index contributed by atoms with van der Waals surface area (Å²) in [7, 11) is 0. The Kier molecular flexibility index (Phi) is 6.50. The maximum absolute atomic E-state index is 11.7. The summed E-state index contributed by atoms with van der Waals surface area (Å²) in [5.74, 6) is 0. The summed E-state index contributed by atoms with van der Waals surface area (Å²) in [6, 6.07) is 9.17. The van der Waals surface area contributed by atoms with E-state index in [0.717, 1.165) is 31.4 Å². The van der Waals surface area contributed by atoms with Crippen molar-refractivity contribution in [2.45, 2.75) is 44.4 Å². The molecule has 0 radical (unpaired) electrons. The maximum atomic E-state index is 11.7. The molecule has 0 saturated carbocycles. The number of carbonyl (C=O) groups is 1. The summed E-state index contributed by atoms with van der Waals surface area (Å²) in [6.07, 6.45) is 3.45. The predicted octanol–water partition coefficient (Wildman–Crippen LogP) is 2.23. The Morgan fingerprint density at radius 3 is 2.86 bits per heavy atom.